The maximum absolute atomic E-state index is 12.2. The highest BCUT2D eigenvalue weighted by Gasteiger charge is 2.31. The van der Waals surface area contributed by atoms with Gasteiger partial charge < -0.3 is 10.5 Å². The van der Waals surface area contributed by atoms with Crippen molar-refractivity contribution in [2.75, 3.05) is 0 Å². The van der Waals surface area contributed by atoms with E-state index in [1.165, 1.54) is 24.4 Å². The van der Waals surface area contributed by atoms with Crippen molar-refractivity contribution in [2.24, 2.45) is 5.73 Å². The molecule has 0 bridgehead atoms. The molecule has 0 aliphatic carbocycles. The number of rotatable bonds is 3. The Morgan fingerprint density at radius 3 is 2.60 bits per heavy atom. The first kappa shape index (κ1) is 14.6. The first-order valence-electron chi connectivity index (χ1n) is 5.58. The summed E-state index contributed by atoms with van der Waals surface area (Å²) in [4.78, 5) is 4.04. The van der Waals surface area contributed by atoms with Crippen molar-refractivity contribution >= 4 is 11.6 Å². The third kappa shape index (κ3) is 3.61. The molecule has 0 aliphatic rings. The number of alkyl halides is 3. The second kappa shape index (κ2) is 5.68. The molecule has 106 valence electrons. The van der Waals surface area contributed by atoms with Crippen LogP contribution >= 0.6 is 11.6 Å². The summed E-state index contributed by atoms with van der Waals surface area (Å²) in [5, 5.41) is 0.349. The zero-order chi connectivity index (χ0) is 14.8. The maximum atomic E-state index is 12.2. The number of hydrogen-bond donors (Lipinski definition) is 1. The number of nitrogens with two attached hydrogens (primary N) is 1. The van der Waals surface area contributed by atoms with Crippen molar-refractivity contribution in [3.63, 3.8) is 0 Å². The Kier molecular flexibility index (Phi) is 4.15. The largest absolute Gasteiger partial charge is 0.573 e. The predicted molar refractivity (Wildman–Crippen MR) is 68.4 cm³/mol. The van der Waals surface area contributed by atoms with Gasteiger partial charge in [-0.2, -0.15) is 0 Å². The average molecular weight is 303 g/mol. The van der Waals surface area contributed by atoms with Crippen molar-refractivity contribution in [1.82, 2.24) is 4.98 Å². The number of ether oxygens (including phenoxy) is 1. The van der Waals surface area contributed by atoms with Crippen LogP contribution in [0.1, 0.15) is 17.3 Å². The molecular weight excluding hydrogens is 293 g/mol. The van der Waals surface area contributed by atoms with Gasteiger partial charge in [0.1, 0.15) is 5.75 Å². The molecule has 20 heavy (non-hydrogen) atoms. The van der Waals surface area contributed by atoms with Crippen LogP contribution in [0.25, 0.3) is 0 Å². The van der Waals surface area contributed by atoms with E-state index in [-0.39, 0.29) is 5.75 Å². The Morgan fingerprint density at radius 1 is 1.20 bits per heavy atom. The van der Waals surface area contributed by atoms with Gasteiger partial charge in [-0.3, -0.25) is 4.98 Å². The van der Waals surface area contributed by atoms with Crippen molar-refractivity contribution in [1.29, 1.82) is 0 Å². The Labute approximate surface area is 118 Å². The smallest absolute Gasteiger partial charge is 0.406 e. The molecule has 1 atom stereocenters. The first-order chi connectivity index (χ1) is 9.37. The summed E-state index contributed by atoms with van der Waals surface area (Å²) in [6.45, 7) is 0. The molecule has 1 heterocycles. The van der Waals surface area contributed by atoms with Gasteiger partial charge in [-0.1, -0.05) is 23.7 Å². The summed E-state index contributed by atoms with van der Waals surface area (Å²) in [6, 6.07) is 7.93. The molecule has 1 unspecified atom stereocenters. The molecule has 0 amide bonds. The fourth-order valence-electron chi connectivity index (χ4n) is 1.69. The molecule has 2 aromatic rings. The van der Waals surface area contributed by atoms with Crippen LogP contribution in [0.5, 0.6) is 5.75 Å². The Hall–Kier alpha value is -1.79. The van der Waals surface area contributed by atoms with Gasteiger partial charge >= 0.3 is 6.36 Å². The zero-order valence-corrected chi connectivity index (χ0v) is 10.8. The van der Waals surface area contributed by atoms with Crippen molar-refractivity contribution < 1.29 is 17.9 Å². The monoisotopic (exact) mass is 302 g/mol. The van der Waals surface area contributed by atoms with E-state index in [4.69, 9.17) is 17.3 Å². The topological polar surface area (TPSA) is 48.1 Å². The predicted octanol–water partition coefficient (Wildman–Crippen LogP) is 3.68. The molecule has 2 rings (SSSR count). The SMILES string of the molecule is NC(c1cccc(OC(F)(F)F)c1)c1ncccc1Cl. The van der Waals surface area contributed by atoms with Gasteiger partial charge in [0.25, 0.3) is 0 Å². The molecule has 1 aromatic carbocycles. The van der Waals surface area contributed by atoms with Crippen LogP contribution in [0.4, 0.5) is 13.2 Å². The summed E-state index contributed by atoms with van der Waals surface area (Å²) in [5.41, 5.74) is 6.78. The fourth-order valence-corrected chi connectivity index (χ4v) is 1.93. The second-order valence-electron chi connectivity index (χ2n) is 3.97. The van der Waals surface area contributed by atoms with Gasteiger partial charge in [-0.15, -0.1) is 13.2 Å². The van der Waals surface area contributed by atoms with Crippen molar-refractivity contribution in [3.05, 3.63) is 58.9 Å². The summed E-state index contributed by atoms with van der Waals surface area (Å²) < 4.78 is 40.4. The Bertz CT molecular complexity index is 604. The standard InChI is InChI=1S/C13H10ClF3N2O/c14-10-5-2-6-19-12(10)11(18)8-3-1-4-9(7-8)20-13(15,16)17/h1-7,11H,18H2. The molecule has 0 spiro atoms. The third-order valence-electron chi connectivity index (χ3n) is 2.53. The molecule has 7 heteroatoms. The summed E-state index contributed by atoms with van der Waals surface area (Å²) in [6.07, 6.45) is -3.23. The lowest BCUT2D eigenvalue weighted by Gasteiger charge is -2.15. The van der Waals surface area contributed by atoms with Gasteiger partial charge in [0.2, 0.25) is 0 Å². The quantitative estimate of drug-likeness (QED) is 0.941. The molecule has 2 N–H and O–H groups in total. The van der Waals surface area contributed by atoms with Crippen LogP contribution < -0.4 is 10.5 Å². The molecule has 0 radical (unpaired) electrons. The van der Waals surface area contributed by atoms with Crippen LogP contribution in [0.2, 0.25) is 5.02 Å². The number of nitrogens with zero attached hydrogens (tertiary/aromatic N) is 1. The summed E-state index contributed by atoms with van der Waals surface area (Å²) in [5.74, 6) is -0.336. The minimum Gasteiger partial charge on any atom is -0.406 e. The highest BCUT2D eigenvalue weighted by Crippen LogP contribution is 2.28. The lowest BCUT2D eigenvalue weighted by atomic mass is 10.0. The van der Waals surface area contributed by atoms with Crippen LogP contribution in [-0.2, 0) is 0 Å². The normalized spacial score (nSPS) is 13.1. The van der Waals surface area contributed by atoms with Gasteiger partial charge in [0.15, 0.2) is 0 Å². The van der Waals surface area contributed by atoms with E-state index >= 15 is 0 Å². The maximum Gasteiger partial charge on any atom is 0.573 e. The van der Waals surface area contributed by atoms with E-state index in [0.717, 1.165) is 0 Å². The van der Waals surface area contributed by atoms with Crippen LogP contribution in [0, 0.1) is 0 Å². The highest BCUT2D eigenvalue weighted by atomic mass is 35.5. The van der Waals surface area contributed by atoms with E-state index in [9.17, 15) is 13.2 Å². The molecule has 0 fully saturated rings. The van der Waals surface area contributed by atoms with E-state index in [2.05, 4.69) is 9.72 Å². The molecular formula is C13H10ClF3N2O. The minimum absolute atomic E-state index is 0.336. The van der Waals surface area contributed by atoms with Gasteiger partial charge in [0.05, 0.1) is 16.8 Å². The summed E-state index contributed by atoms with van der Waals surface area (Å²) >= 11 is 5.96. The number of hydrogen-bond acceptors (Lipinski definition) is 3. The van der Waals surface area contributed by atoms with Crippen LogP contribution in [0.3, 0.4) is 0 Å². The van der Waals surface area contributed by atoms with Gasteiger partial charge in [-0.25, -0.2) is 0 Å². The van der Waals surface area contributed by atoms with Gasteiger partial charge in [-0.05, 0) is 29.8 Å². The van der Waals surface area contributed by atoms with E-state index in [0.29, 0.717) is 16.3 Å². The molecule has 0 saturated heterocycles. The number of benzene rings is 1. The lowest BCUT2D eigenvalue weighted by molar-refractivity contribution is -0.274. The number of halogens is 4. The summed E-state index contributed by atoms with van der Waals surface area (Å²) in [7, 11) is 0. The lowest BCUT2D eigenvalue weighted by Crippen LogP contribution is -2.18. The van der Waals surface area contributed by atoms with Gasteiger partial charge in [0, 0.05) is 6.20 Å². The first-order valence-corrected chi connectivity index (χ1v) is 5.96. The Balaban J connectivity index is 2.29. The second-order valence-corrected chi connectivity index (χ2v) is 4.38. The van der Waals surface area contributed by atoms with E-state index in [1.54, 1.807) is 18.2 Å². The van der Waals surface area contributed by atoms with Crippen LogP contribution in [0.15, 0.2) is 42.6 Å². The average Bonchev–Trinajstić information content (AvgIpc) is 2.37. The van der Waals surface area contributed by atoms with E-state index < -0.39 is 12.4 Å². The third-order valence-corrected chi connectivity index (χ3v) is 2.85. The minimum atomic E-state index is -4.74. The zero-order valence-electron chi connectivity index (χ0n) is 10.1. The fraction of sp³-hybridized carbons (Fsp3) is 0.154. The molecule has 1 aromatic heterocycles. The molecule has 0 saturated carbocycles. The van der Waals surface area contributed by atoms with Crippen molar-refractivity contribution in [2.45, 2.75) is 12.4 Å². The Morgan fingerprint density at radius 2 is 1.95 bits per heavy atom. The molecule has 3 nitrogen and oxygen atoms in total. The van der Waals surface area contributed by atoms with Crippen LogP contribution in [-0.4, -0.2) is 11.3 Å². The highest BCUT2D eigenvalue weighted by molar-refractivity contribution is 6.31. The number of pyridine rings is 1. The number of aromatic nitrogens is 1. The molecule has 0 aliphatic heterocycles. The van der Waals surface area contributed by atoms with E-state index in [1.807, 2.05) is 0 Å². The van der Waals surface area contributed by atoms with Crippen molar-refractivity contribution in [3.8, 4) is 5.75 Å².